The van der Waals surface area contributed by atoms with Gasteiger partial charge in [-0.25, -0.2) is 0 Å². The summed E-state index contributed by atoms with van der Waals surface area (Å²) < 4.78 is 0. The highest BCUT2D eigenvalue weighted by molar-refractivity contribution is 8.00. The van der Waals surface area contributed by atoms with Gasteiger partial charge in [0.15, 0.2) is 5.78 Å². The highest BCUT2D eigenvalue weighted by Gasteiger charge is 2.56. The standard InChI is InChI=1S/C32H53N7O6S2/c1-17(33-7)26(41)36-19-10-13-46-22-15-31(3,4)24(38(22)29(19)44)21(40)9-12-35-28(43)25-32(5,6)16-23-39(25)30(45)20(11-14-47-23)37-27(42)18(2)34-8/h17-20,22-25,33-34H,9-16H2,1-8H3,(H,35,43)(H,36,41)(H,37,42)/t17-,18-,19-,20-,22-,23-,24+,25+/m0/s1. The maximum atomic E-state index is 13.9. The zero-order chi connectivity index (χ0) is 34.8. The fourth-order valence-electron chi connectivity index (χ4n) is 7.21. The maximum absolute atomic E-state index is 13.9. The van der Waals surface area contributed by atoms with Crippen LogP contribution in [0.1, 0.15) is 73.6 Å². The number of hydrogen-bond donors (Lipinski definition) is 5. The van der Waals surface area contributed by atoms with E-state index in [1.165, 1.54) is 0 Å². The summed E-state index contributed by atoms with van der Waals surface area (Å²) in [5.74, 6) is -0.162. The smallest absolute Gasteiger partial charge is 0.246 e. The van der Waals surface area contributed by atoms with Crippen LogP contribution in [0.4, 0.5) is 0 Å². The van der Waals surface area contributed by atoms with Gasteiger partial charge in [0, 0.05) is 13.0 Å². The van der Waals surface area contributed by atoms with E-state index in [2.05, 4.69) is 26.6 Å². The Bertz CT molecular complexity index is 1160. The molecule has 47 heavy (non-hydrogen) atoms. The average Bonchev–Trinajstić information content (AvgIpc) is 3.33. The number of hydrogen-bond acceptors (Lipinski definition) is 10. The number of carbonyl (C=O) groups is 6. The van der Waals surface area contributed by atoms with E-state index in [1.807, 2.05) is 27.7 Å². The van der Waals surface area contributed by atoms with Crippen molar-refractivity contribution in [1.29, 1.82) is 0 Å². The second-order valence-electron chi connectivity index (χ2n) is 14.6. The second kappa shape index (κ2) is 15.0. The normalized spacial score (nSPS) is 31.1. The summed E-state index contributed by atoms with van der Waals surface area (Å²) in [4.78, 5) is 83.9. The number of Topliss-reactive ketones (excluding diaryl/α,β-unsaturated/α-hetero) is 1. The lowest BCUT2D eigenvalue weighted by molar-refractivity contribution is -0.144. The van der Waals surface area contributed by atoms with Crippen LogP contribution in [-0.4, -0.2) is 124 Å². The minimum Gasteiger partial charge on any atom is -0.354 e. The van der Waals surface area contributed by atoms with Crippen molar-refractivity contribution >= 4 is 58.8 Å². The van der Waals surface area contributed by atoms with Crippen molar-refractivity contribution in [3.63, 3.8) is 0 Å². The van der Waals surface area contributed by atoms with E-state index >= 15 is 0 Å². The largest absolute Gasteiger partial charge is 0.354 e. The first kappa shape index (κ1) is 37.5. The molecular formula is C32H53N7O6S2. The number of likely N-dealkylation sites (N-methyl/N-ethyl adjacent to an activating group) is 2. The van der Waals surface area contributed by atoms with Crippen molar-refractivity contribution in [2.75, 3.05) is 32.1 Å². The van der Waals surface area contributed by atoms with Gasteiger partial charge >= 0.3 is 0 Å². The van der Waals surface area contributed by atoms with E-state index in [4.69, 9.17) is 0 Å². The van der Waals surface area contributed by atoms with Gasteiger partial charge in [-0.2, -0.15) is 0 Å². The molecule has 0 saturated carbocycles. The number of amides is 5. The zero-order valence-corrected chi connectivity index (χ0v) is 30.6. The number of thioether (sulfide) groups is 2. The van der Waals surface area contributed by atoms with Crippen LogP contribution in [0.5, 0.6) is 0 Å². The minimum absolute atomic E-state index is 0.0225. The second-order valence-corrected chi connectivity index (χ2v) is 17.1. The Morgan fingerprint density at radius 2 is 1.19 bits per heavy atom. The van der Waals surface area contributed by atoms with E-state index in [0.717, 1.165) is 0 Å². The van der Waals surface area contributed by atoms with Crippen molar-refractivity contribution in [3.05, 3.63) is 0 Å². The van der Waals surface area contributed by atoms with Gasteiger partial charge < -0.3 is 36.4 Å². The Morgan fingerprint density at radius 1 is 0.766 bits per heavy atom. The number of fused-ring (bicyclic) bond motifs is 2. The number of ketones is 1. The number of carbonyl (C=O) groups excluding carboxylic acids is 6. The zero-order valence-electron chi connectivity index (χ0n) is 28.9. The third-order valence-electron chi connectivity index (χ3n) is 10.1. The highest BCUT2D eigenvalue weighted by Crippen LogP contribution is 2.48. The summed E-state index contributed by atoms with van der Waals surface area (Å²) in [5, 5.41) is 14.1. The highest BCUT2D eigenvalue weighted by atomic mass is 32.2. The predicted octanol–water partition coefficient (Wildman–Crippen LogP) is 0.427. The van der Waals surface area contributed by atoms with Crippen molar-refractivity contribution in [2.24, 2.45) is 10.8 Å². The van der Waals surface area contributed by atoms with E-state index in [9.17, 15) is 28.8 Å². The molecule has 4 aliphatic heterocycles. The van der Waals surface area contributed by atoms with Crippen LogP contribution >= 0.6 is 23.5 Å². The fraction of sp³-hybridized carbons (Fsp3) is 0.812. The van der Waals surface area contributed by atoms with Crippen LogP contribution in [0.2, 0.25) is 0 Å². The Labute approximate surface area is 287 Å². The van der Waals surface area contributed by atoms with Crippen molar-refractivity contribution in [2.45, 2.75) is 121 Å². The molecule has 0 aromatic rings. The van der Waals surface area contributed by atoms with E-state index in [0.29, 0.717) is 37.2 Å². The molecule has 0 aromatic carbocycles. The first-order chi connectivity index (χ1) is 22.0. The van der Waals surface area contributed by atoms with Crippen molar-refractivity contribution < 1.29 is 28.8 Å². The minimum atomic E-state index is -0.762. The van der Waals surface area contributed by atoms with Crippen LogP contribution in [0.25, 0.3) is 0 Å². The van der Waals surface area contributed by atoms with Gasteiger partial charge in [0.2, 0.25) is 29.5 Å². The Morgan fingerprint density at radius 3 is 1.64 bits per heavy atom. The molecule has 0 aromatic heterocycles. The molecule has 0 bridgehead atoms. The lowest BCUT2D eigenvalue weighted by Gasteiger charge is -2.35. The quantitative estimate of drug-likeness (QED) is 0.204. The van der Waals surface area contributed by atoms with Gasteiger partial charge in [0.05, 0.1) is 28.9 Å². The molecular weight excluding hydrogens is 643 g/mol. The summed E-state index contributed by atoms with van der Waals surface area (Å²) in [7, 11) is 3.36. The summed E-state index contributed by atoms with van der Waals surface area (Å²) in [6, 6.07) is -3.81. The molecule has 15 heteroatoms. The van der Waals surface area contributed by atoms with Gasteiger partial charge in [-0.3, -0.25) is 28.8 Å². The summed E-state index contributed by atoms with van der Waals surface area (Å²) in [6.07, 6.45) is 2.27. The predicted molar refractivity (Wildman–Crippen MR) is 183 cm³/mol. The number of nitrogens with one attached hydrogen (secondary N) is 5. The third kappa shape index (κ3) is 7.94. The molecule has 0 unspecified atom stereocenters. The first-order valence-electron chi connectivity index (χ1n) is 16.7. The molecule has 264 valence electrons. The molecule has 0 spiro atoms. The number of nitrogens with zero attached hydrogens (tertiary/aromatic N) is 2. The summed E-state index contributed by atoms with van der Waals surface area (Å²) in [5.41, 5.74) is -1.01. The van der Waals surface area contributed by atoms with Crippen LogP contribution < -0.4 is 26.6 Å². The lowest BCUT2D eigenvalue weighted by atomic mass is 9.81. The first-order valence-corrected chi connectivity index (χ1v) is 18.8. The monoisotopic (exact) mass is 695 g/mol. The Kier molecular flexibility index (Phi) is 12.0. The Balaban J connectivity index is 1.44. The molecule has 4 saturated heterocycles. The Hall–Kier alpha value is -2.36. The van der Waals surface area contributed by atoms with Gasteiger partial charge in [0.25, 0.3) is 0 Å². The lowest BCUT2D eigenvalue weighted by Crippen LogP contribution is -2.58. The van der Waals surface area contributed by atoms with Crippen LogP contribution in [0, 0.1) is 10.8 Å². The molecule has 5 amide bonds. The molecule has 0 aliphatic carbocycles. The average molecular weight is 696 g/mol. The molecule has 4 rings (SSSR count). The van der Waals surface area contributed by atoms with Gasteiger partial charge in [-0.15, -0.1) is 23.5 Å². The van der Waals surface area contributed by atoms with Crippen LogP contribution in [-0.2, 0) is 28.8 Å². The maximum Gasteiger partial charge on any atom is 0.246 e. The SMILES string of the molecule is CN[C@@H](C)C(=O)N[C@H]1CCS[C@H]2CC(C)(C)[C@@H](C(=O)CCNC(=O)[C@H]3N4C(=O)[C@@H](NC(=O)[C@H](C)NC)CCS[C@H]4CC3(C)C)N2C1=O. The van der Waals surface area contributed by atoms with Gasteiger partial charge in [-0.05, 0) is 76.0 Å². The summed E-state index contributed by atoms with van der Waals surface area (Å²) in [6.45, 7) is 11.4. The van der Waals surface area contributed by atoms with E-state index in [1.54, 1.807) is 61.3 Å². The fourth-order valence-corrected chi connectivity index (χ4v) is 10.4. The van der Waals surface area contributed by atoms with E-state index in [-0.39, 0.29) is 59.0 Å². The van der Waals surface area contributed by atoms with Gasteiger partial charge in [0.1, 0.15) is 18.1 Å². The van der Waals surface area contributed by atoms with Crippen LogP contribution in [0.15, 0.2) is 0 Å². The van der Waals surface area contributed by atoms with Crippen molar-refractivity contribution in [1.82, 2.24) is 36.4 Å². The molecule has 8 atom stereocenters. The molecule has 4 fully saturated rings. The molecule has 5 N–H and O–H groups in total. The van der Waals surface area contributed by atoms with Crippen molar-refractivity contribution in [3.8, 4) is 0 Å². The van der Waals surface area contributed by atoms with Crippen LogP contribution in [0.3, 0.4) is 0 Å². The van der Waals surface area contributed by atoms with E-state index < -0.39 is 47.1 Å². The molecule has 4 aliphatic rings. The molecule has 4 heterocycles. The molecule has 0 radical (unpaired) electrons. The topological polar surface area (TPSA) is 169 Å². The number of rotatable bonds is 11. The molecule has 13 nitrogen and oxygen atoms in total. The van der Waals surface area contributed by atoms with Gasteiger partial charge in [-0.1, -0.05) is 27.7 Å². The third-order valence-corrected chi connectivity index (χ3v) is 12.6. The summed E-state index contributed by atoms with van der Waals surface area (Å²) >= 11 is 3.26.